The van der Waals surface area contributed by atoms with E-state index in [0.717, 1.165) is 16.7 Å². The third-order valence-electron chi connectivity index (χ3n) is 4.44. The van der Waals surface area contributed by atoms with Crippen LogP contribution in [0, 0.1) is 5.82 Å². The molecule has 0 aliphatic carbocycles. The summed E-state index contributed by atoms with van der Waals surface area (Å²) in [7, 11) is 1.55. The Kier molecular flexibility index (Phi) is 7.30. The molecule has 0 radical (unpaired) electrons. The number of imide groups is 1. The molecule has 1 aliphatic rings. The Bertz CT molecular complexity index is 1010. The molecule has 1 aliphatic heterocycles. The first-order chi connectivity index (χ1) is 14.9. The zero-order valence-corrected chi connectivity index (χ0v) is 17.8. The lowest BCUT2D eigenvalue weighted by Gasteiger charge is -2.17. The molecule has 3 rings (SSSR count). The second kappa shape index (κ2) is 10.1. The molecule has 0 saturated carbocycles. The highest BCUT2D eigenvalue weighted by Crippen LogP contribution is 2.32. The van der Waals surface area contributed by atoms with Crippen molar-refractivity contribution in [1.82, 2.24) is 10.2 Å². The van der Waals surface area contributed by atoms with Crippen molar-refractivity contribution >= 4 is 34.9 Å². The van der Waals surface area contributed by atoms with Crippen LogP contribution in [0.2, 0.25) is 0 Å². The Morgan fingerprint density at radius 2 is 1.84 bits per heavy atom. The van der Waals surface area contributed by atoms with E-state index < -0.39 is 23.1 Å². The Morgan fingerprint density at radius 1 is 1.16 bits per heavy atom. The molecule has 31 heavy (non-hydrogen) atoms. The number of amides is 3. The van der Waals surface area contributed by atoms with Gasteiger partial charge in [-0.1, -0.05) is 18.2 Å². The van der Waals surface area contributed by atoms with Gasteiger partial charge in [0.2, 0.25) is 0 Å². The third kappa shape index (κ3) is 5.64. The van der Waals surface area contributed by atoms with Crippen LogP contribution in [0.5, 0.6) is 11.5 Å². The van der Waals surface area contributed by atoms with E-state index in [0.29, 0.717) is 11.5 Å². The lowest BCUT2D eigenvalue weighted by Crippen LogP contribution is -2.41. The Balaban J connectivity index is 1.51. The summed E-state index contributed by atoms with van der Waals surface area (Å²) < 4.78 is 24.4. The summed E-state index contributed by atoms with van der Waals surface area (Å²) >= 11 is 0.739. The molecule has 2 aromatic rings. The molecule has 9 heteroatoms. The summed E-state index contributed by atoms with van der Waals surface area (Å²) in [5.74, 6) is -0.203. The highest BCUT2D eigenvalue weighted by molar-refractivity contribution is 8.18. The largest absolute Gasteiger partial charge is 0.497 e. The number of nitrogens with zero attached hydrogens (tertiary/aromatic N) is 1. The fourth-order valence-electron chi connectivity index (χ4n) is 2.77. The predicted octanol–water partition coefficient (Wildman–Crippen LogP) is 3.45. The third-order valence-corrected chi connectivity index (χ3v) is 5.35. The normalized spacial score (nSPS) is 15.8. The topological polar surface area (TPSA) is 84.9 Å². The number of carbonyl (C=O) groups is 3. The first-order valence-corrected chi connectivity index (χ1v) is 10.3. The van der Waals surface area contributed by atoms with Gasteiger partial charge in [0.1, 0.15) is 17.3 Å². The van der Waals surface area contributed by atoms with Crippen molar-refractivity contribution in [2.24, 2.45) is 0 Å². The molecule has 1 fully saturated rings. The first-order valence-electron chi connectivity index (χ1n) is 9.47. The fourth-order valence-corrected chi connectivity index (χ4v) is 3.63. The van der Waals surface area contributed by atoms with E-state index in [2.05, 4.69) is 5.32 Å². The number of ether oxygens (including phenoxy) is 2. The lowest BCUT2D eigenvalue weighted by atomic mass is 10.2. The number of carbonyl (C=O) groups excluding carboxylic acids is 3. The van der Waals surface area contributed by atoms with Gasteiger partial charge in [0, 0.05) is 18.7 Å². The maximum absolute atomic E-state index is 13.8. The summed E-state index contributed by atoms with van der Waals surface area (Å²) in [5, 5.41) is 2.18. The molecule has 0 bridgehead atoms. The minimum absolute atomic E-state index is 0.000272. The number of thioether (sulfide) groups is 1. The molecule has 1 saturated heterocycles. The molecule has 0 aromatic heterocycles. The molecule has 0 spiro atoms. The van der Waals surface area contributed by atoms with E-state index in [-0.39, 0.29) is 29.5 Å². The van der Waals surface area contributed by atoms with E-state index in [9.17, 15) is 18.8 Å². The Labute approximate surface area is 183 Å². The van der Waals surface area contributed by atoms with Gasteiger partial charge in [0.05, 0.1) is 12.0 Å². The second-order valence-electron chi connectivity index (χ2n) is 6.58. The smallest absolute Gasteiger partial charge is 0.293 e. The number of hydrogen-bond donors (Lipinski definition) is 1. The zero-order valence-electron chi connectivity index (χ0n) is 17.0. The standard InChI is InChI=1S/C22H21FN2O5S/c1-14(30-17-9-7-16(29-2)8-10-17)20(26)24-11-12-25-21(27)19(31-22(25)28)13-15-5-3-4-6-18(15)23/h3-10,13-14H,11-12H2,1-2H3,(H,24,26)/b19-13-. The maximum Gasteiger partial charge on any atom is 0.293 e. The molecule has 7 nitrogen and oxygen atoms in total. The average molecular weight is 444 g/mol. The second-order valence-corrected chi connectivity index (χ2v) is 7.57. The summed E-state index contributed by atoms with van der Waals surface area (Å²) in [5.41, 5.74) is 0.228. The SMILES string of the molecule is COc1ccc(OC(C)C(=O)NCCN2C(=O)S/C(=C\c3ccccc3F)C2=O)cc1. The van der Waals surface area contributed by atoms with Gasteiger partial charge in [-0.25, -0.2) is 4.39 Å². The predicted molar refractivity (Wildman–Crippen MR) is 115 cm³/mol. The summed E-state index contributed by atoms with van der Waals surface area (Å²) in [6, 6.07) is 12.8. The van der Waals surface area contributed by atoms with Crippen molar-refractivity contribution in [3.8, 4) is 11.5 Å². The van der Waals surface area contributed by atoms with E-state index >= 15 is 0 Å². The van der Waals surface area contributed by atoms with Gasteiger partial charge in [-0.2, -0.15) is 0 Å². The Morgan fingerprint density at radius 3 is 2.52 bits per heavy atom. The molecular formula is C22H21FN2O5S. The van der Waals surface area contributed by atoms with E-state index in [1.54, 1.807) is 50.4 Å². The highest BCUT2D eigenvalue weighted by Gasteiger charge is 2.35. The zero-order chi connectivity index (χ0) is 22.4. The van der Waals surface area contributed by atoms with Crippen LogP contribution in [0.3, 0.4) is 0 Å². The van der Waals surface area contributed by atoms with Gasteiger partial charge >= 0.3 is 0 Å². The van der Waals surface area contributed by atoms with Crippen LogP contribution in [0.4, 0.5) is 9.18 Å². The van der Waals surface area contributed by atoms with Crippen LogP contribution in [-0.4, -0.2) is 48.3 Å². The van der Waals surface area contributed by atoms with Crippen molar-refractivity contribution in [2.45, 2.75) is 13.0 Å². The van der Waals surface area contributed by atoms with Gasteiger partial charge in [-0.3, -0.25) is 19.3 Å². The van der Waals surface area contributed by atoms with Crippen LogP contribution in [0.25, 0.3) is 6.08 Å². The van der Waals surface area contributed by atoms with E-state index in [1.165, 1.54) is 18.2 Å². The summed E-state index contributed by atoms with van der Waals surface area (Å²) in [4.78, 5) is 38.0. The lowest BCUT2D eigenvalue weighted by molar-refractivity contribution is -0.128. The number of halogens is 1. The highest BCUT2D eigenvalue weighted by atomic mass is 32.2. The molecule has 1 unspecified atom stereocenters. The summed E-state index contributed by atoms with van der Waals surface area (Å²) in [6.07, 6.45) is 0.577. The van der Waals surface area contributed by atoms with Gasteiger partial charge in [0.25, 0.3) is 17.1 Å². The van der Waals surface area contributed by atoms with Gasteiger partial charge in [0.15, 0.2) is 6.10 Å². The number of nitrogens with one attached hydrogen (secondary N) is 1. The molecule has 162 valence electrons. The molecule has 1 heterocycles. The number of rotatable bonds is 8. The van der Waals surface area contributed by atoms with Crippen LogP contribution in [0.15, 0.2) is 53.4 Å². The van der Waals surface area contributed by atoms with Crippen LogP contribution in [-0.2, 0) is 9.59 Å². The van der Waals surface area contributed by atoms with Gasteiger partial charge in [-0.15, -0.1) is 0 Å². The first kappa shape index (κ1) is 22.4. The molecular weight excluding hydrogens is 423 g/mol. The van der Waals surface area contributed by atoms with Crippen molar-refractivity contribution in [3.63, 3.8) is 0 Å². The molecule has 1 atom stereocenters. The van der Waals surface area contributed by atoms with Crippen LogP contribution >= 0.6 is 11.8 Å². The van der Waals surface area contributed by atoms with Crippen molar-refractivity contribution < 1.29 is 28.2 Å². The van der Waals surface area contributed by atoms with E-state index in [4.69, 9.17) is 9.47 Å². The van der Waals surface area contributed by atoms with Crippen LogP contribution < -0.4 is 14.8 Å². The number of benzene rings is 2. The number of methoxy groups -OCH3 is 1. The van der Waals surface area contributed by atoms with Gasteiger partial charge in [-0.05, 0) is 55.1 Å². The van der Waals surface area contributed by atoms with E-state index in [1.807, 2.05) is 0 Å². The summed E-state index contributed by atoms with van der Waals surface area (Å²) in [6.45, 7) is 1.66. The van der Waals surface area contributed by atoms with Crippen molar-refractivity contribution in [1.29, 1.82) is 0 Å². The quantitative estimate of drug-likeness (QED) is 0.628. The minimum atomic E-state index is -0.774. The van der Waals surface area contributed by atoms with Gasteiger partial charge < -0.3 is 14.8 Å². The Hall–Kier alpha value is -3.33. The molecule has 2 aromatic carbocycles. The molecule has 3 amide bonds. The van der Waals surface area contributed by atoms with Crippen molar-refractivity contribution in [2.75, 3.05) is 20.2 Å². The average Bonchev–Trinajstić information content (AvgIpc) is 3.03. The maximum atomic E-state index is 13.8. The van der Waals surface area contributed by atoms with Crippen LogP contribution in [0.1, 0.15) is 12.5 Å². The number of hydrogen-bond acceptors (Lipinski definition) is 6. The minimum Gasteiger partial charge on any atom is -0.497 e. The van der Waals surface area contributed by atoms with Crippen molar-refractivity contribution in [3.05, 3.63) is 64.8 Å². The fraction of sp³-hybridized carbons (Fsp3) is 0.227. The monoisotopic (exact) mass is 444 g/mol. The molecule has 1 N–H and O–H groups in total.